The summed E-state index contributed by atoms with van der Waals surface area (Å²) in [6.07, 6.45) is 3.07. The summed E-state index contributed by atoms with van der Waals surface area (Å²) in [5.74, 6) is 0. The number of hydrogen-bond acceptors (Lipinski definition) is 5. The van der Waals surface area contributed by atoms with Gasteiger partial charge in [-0.15, -0.1) is 0 Å². The van der Waals surface area contributed by atoms with E-state index in [9.17, 15) is 4.79 Å². The minimum Gasteiger partial charge on any atom is -0.396 e. The Labute approximate surface area is 148 Å². The van der Waals surface area contributed by atoms with Gasteiger partial charge in [-0.3, -0.25) is 14.1 Å². The molecule has 0 unspecified atom stereocenters. The predicted molar refractivity (Wildman–Crippen MR) is 98.8 cm³/mol. The highest BCUT2D eigenvalue weighted by molar-refractivity contribution is 5.40. The third kappa shape index (κ3) is 4.26. The normalized spacial score (nSPS) is 16.8. The number of aliphatic hydroxyl groups excluding tert-OH is 1. The molecule has 25 heavy (non-hydrogen) atoms. The summed E-state index contributed by atoms with van der Waals surface area (Å²) in [6, 6.07) is 8.00. The Morgan fingerprint density at radius 3 is 2.80 bits per heavy atom. The Balaban J connectivity index is 1.63. The molecule has 0 aliphatic carbocycles. The molecule has 2 aromatic heterocycles. The summed E-state index contributed by atoms with van der Waals surface area (Å²) in [7, 11) is 2.14. The van der Waals surface area contributed by atoms with Crippen LogP contribution in [0.5, 0.6) is 0 Å². The number of aliphatic hydroxyl groups is 1. The van der Waals surface area contributed by atoms with Crippen LogP contribution in [-0.4, -0.2) is 63.6 Å². The molecule has 6 nitrogen and oxygen atoms in total. The van der Waals surface area contributed by atoms with Gasteiger partial charge in [0.05, 0.1) is 5.69 Å². The van der Waals surface area contributed by atoms with E-state index in [1.54, 1.807) is 10.5 Å². The van der Waals surface area contributed by atoms with Gasteiger partial charge in [0.1, 0.15) is 5.65 Å². The fraction of sp³-hybridized carbons (Fsp3) is 0.579. The van der Waals surface area contributed by atoms with E-state index in [0.29, 0.717) is 6.04 Å². The number of hydrogen-bond donors (Lipinski definition) is 1. The lowest BCUT2D eigenvalue weighted by molar-refractivity contribution is 0.117. The predicted octanol–water partition coefficient (Wildman–Crippen LogP) is 1.28. The first kappa shape index (κ1) is 18.0. The maximum atomic E-state index is 12.4. The van der Waals surface area contributed by atoms with E-state index in [4.69, 9.17) is 5.11 Å². The van der Waals surface area contributed by atoms with E-state index >= 15 is 0 Å². The zero-order chi connectivity index (χ0) is 17.8. The lowest BCUT2D eigenvalue weighted by atomic mass is 10.0. The van der Waals surface area contributed by atoms with Crippen molar-refractivity contribution in [3.8, 4) is 0 Å². The fourth-order valence-corrected chi connectivity index (χ4v) is 3.69. The van der Waals surface area contributed by atoms with Gasteiger partial charge >= 0.3 is 0 Å². The number of fused-ring (bicyclic) bond motifs is 1. The Kier molecular flexibility index (Phi) is 5.83. The van der Waals surface area contributed by atoms with Gasteiger partial charge in [0.15, 0.2) is 0 Å². The largest absolute Gasteiger partial charge is 0.396 e. The lowest BCUT2D eigenvalue weighted by Crippen LogP contribution is -2.43. The minimum absolute atomic E-state index is 0.00303. The lowest BCUT2D eigenvalue weighted by Gasteiger charge is -2.36. The average molecular weight is 344 g/mol. The fourth-order valence-electron chi connectivity index (χ4n) is 3.69. The molecule has 1 saturated heterocycles. The smallest absolute Gasteiger partial charge is 0.258 e. The minimum atomic E-state index is -0.00303. The Morgan fingerprint density at radius 2 is 2.08 bits per heavy atom. The van der Waals surface area contributed by atoms with Crippen LogP contribution in [-0.2, 0) is 6.54 Å². The molecule has 0 amide bonds. The number of piperidine rings is 1. The molecule has 3 heterocycles. The van der Waals surface area contributed by atoms with Gasteiger partial charge in [0.2, 0.25) is 0 Å². The second-order valence-corrected chi connectivity index (χ2v) is 7.01. The molecular weight excluding hydrogens is 316 g/mol. The molecule has 6 heteroatoms. The van der Waals surface area contributed by atoms with Crippen molar-refractivity contribution < 1.29 is 5.11 Å². The van der Waals surface area contributed by atoms with Crippen LogP contribution < -0.4 is 5.56 Å². The molecule has 1 N–H and O–H groups in total. The van der Waals surface area contributed by atoms with Gasteiger partial charge in [0.25, 0.3) is 5.56 Å². The monoisotopic (exact) mass is 344 g/mol. The second kappa shape index (κ2) is 8.08. The number of aromatic nitrogens is 2. The molecule has 0 radical (unpaired) electrons. The first-order valence-corrected chi connectivity index (χ1v) is 9.10. The maximum Gasteiger partial charge on any atom is 0.258 e. The van der Waals surface area contributed by atoms with E-state index in [-0.39, 0.29) is 12.2 Å². The van der Waals surface area contributed by atoms with Gasteiger partial charge in [-0.2, -0.15) is 0 Å². The number of pyridine rings is 1. The maximum absolute atomic E-state index is 12.4. The molecule has 0 saturated carbocycles. The van der Waals surface area contributed by atoms with Crippen molar-refractivity contribution in [2.75, 3.05) is 33.3 Å². The molecule has 0 spiro atoms. The quantitative estimate of drug-likeness (QED) is 0.855. The van der Waals surface area contributed by atoms with Gasteiger partial charge in [-0.25, -0.2) is 4.98 Å². The van der Waals surface area contributed by atoms with Crippen molar-refractivity contribution in [2.24, 2.45) is 0 Å². The highest BCUT2D eigenvalue weighted by Crippen LogP contribution is 2.17. The van der Waals surface area contributed by atoms with Crippen LogP contribution in [0, 0.1) is 6.92 Å². The van der Waals surface area contributed by atoms with Crippen molar-refractivity contribution >= 4 is 5.65 Å². The third-order valence-corrected chi connectivity index (χ3v) is 5.17. The first-order chi connectivity index (χ1) is 12.1. The summed E-state index contributed by atoms with van der Waals surface area (Å²) >= 11 is 0. The molecule has 136 valence electrons. The number of aryl methyl sites for hydroxylation is 1. The molecule has 0 atom stereocenters. The molecule has 0 aromatic carbocycles. The van der Waals surface area contributed by atoms with Crippen molar-refractivity contribution in [3.05, 3.63) is 46.0 Å². The van der Waals surface area contributed by atoms with Crippen LogP contribution in [0.4, 0.5) is 0 Å². The highest BCUT2D eigenvalue weighted by atomic mass is 16.3. The van der Waals surface area contributed by atoms with Crippen LogP contribution >= 0.6 is 0 Å². The summed E-state index contributed by atoms with van der Waals surface area (Å²) < 4.78 is 1.66. The molecular formula is C19H28N4O2. The van der Waals surface area contributed by atoms with Crippen molar-refractivity contribution in [3.63, 3.8) is 0 Å². The van der Waals surface area contributed by atoms with E-state index in [1.807, 2.05) is 25.1 Å². The summed E-state index contributed by atoms with van der Waals surface area (Å²) in [5, 5.41) is 8.97. The van der Waals surface area contributed by atoms with Gasteiger partial charge in [-0.05, 0) is 45.4 Å². The topological polar surface area (TPSA) is 61.1 Å². The standard InChI is InChI=1S/C19H28N4O2/c1-15-5-3-6-18-20-16(13-19(25)23(15)18)14-22-10-7-17(8-11-22)21(2)9-4-12-24/h3,5-6,13,17,24H,4,7-12,14H2,1-2H3. The molecule has 1 aliphatic rings. The molecule has 1 fully saturated rings. The number of likely N-dealkylation sites (tertiary alicyclic amines) is 1. The van der Waals surface area contributed by atoms with Gasteiger partial charge in [0, 0.05) is 50.6 Å². The SMILES string of the molecule is Cc1cccc2nc(CN3CCC(N(C)CCCO)CC3)cc(=O)n12. The summed E-state index contributed by atoms with van der Waals surface area (Å²) in [5.41, 5.74) is 2.48. The van der Waals surface area contributed by atoms with Crippen molar-refractivity contribution in [1.29, 1.82) is 0 Å². The Morgan fingerprint density at radius 1 is 1.32 bits per heavy atom. The number of rotatable bonds is 6. The van der Waals surface area contributed by atoms with E-state index in [1.165, 1.54) is 0 Å². The third-order valence-electron chi connectivity index (χ3n) is 5.17. The molecule has 2 aromatic rings. The van der Waals surface area contributed by atoms with Crippen LogP contribution in [0.3, 0.4) is 0 Å². The molecule has 0 bridgehead atoms. The highest BCUT2D eigenvalue weighted by Gasteiger charge is 2.22. The van der Waals surface area contributed by atoms with Crippen LogP contribution in [0.25, 0.3) is 5.65 Å². The van der Waals surface area contributed by atoms with Crippen LogP contribution in [0.15, 0.2) is 29.1 Å². The first-order valence-electron chi connectivity index (χ1n) is 9.10. The Hall–Kier alpha value is -1.76. The van der Waals surface area contributed by atoms with Crippen molar-refractivity contribution in [2.45, 2.75) is 38.8 Å². The van der Waals surface area contributed by atoms with Gasteiger partial charge < -0.3 is 10.0 Å². The van der Waals surface area contributed by atoms with E-state index < -0.39 is 0 Å². The van der Waals surface area contributed by atoms with Crippen LogP contribution in [0.2, 0.25) is 0 Å². The Bertz CT molecular complexity index is 766. The summed E-state index contributed by atoms with van der Waals surface area (Å²) in [6.45, 7) is 5.89. The van der Waals surface area contributed by atoms with Crippen molar-refractivity contribution in [1.82, 2.24) is 19.2 Å². The number of nitrogens with zero attached hydrogens (tertiary/aromatic N) is 4. The van der Waals surface area contributed by atoms with E-state index in [2.05, 4.69) is 21.8 Å². The zero-order valence-corrected chi connectivity index (χ0v) is 15.2. The van der Waals surface area contributed by atoms with Gasteiger partial charge in [-0.1, -0.05) is 6.07 Å². The molecule has 1 aliphatic heterocycles. The zero-order valence-electron chi connectivity index (χ0n) is 15.2. The van der Waals surface area contributed by atoms with E-state index in [0.717, 1.165) is 62.5 Å². The van der Waals surface area contributed by atoms with Crippen LogP contribution in [0.1, 0.15) is 30.7 Å². The second-order valence-electron chi connectivity index (χ2n) is 7.01. The average Bonchev–Trinajstić information content (AvgIpc) is 2.60. The summed E-state index contributed by atoms with van der Waals surface area (Å²) in [4.78, 5) is 21.8. The molecule has 3 rings (SSSR count).